The maximum absolute atomic E-state index is 12.4. The van der Waals surface area contributed by atoms with Crippen LogP contribution in [-0.4, -0.2) is 40.6 Å². The first-order valence-corrected chi connectivity index (χ1v) is 6.54. The number of aromatic amines is 1. The summed E-state index contributed by atoms with van der Waals surface area (Å²) in [5, 5.41) is 10.00. The van der Waals surface area contributed by atoms with Crippen LogP contribution in [0, 0.1) is 0 Å². The summed E-state index contributed by atoms with van der Waals surface area (Å²) in [6.07, 6.45) is 0.0461. The number of H-pyrrole nitrogens is 1. The molecule has 0 radical (unpaired) electrons. The van der Waals surface area contributed by atoms with Gasteiger partial charge in [-0.05, 0) is 19.4 Å². The van der Waals surface area contributed by atoms with Crippen molar-refractivity contribution >= 4 is 16.8 Å². The van der Waals surface area contributed by atoms with Crippen molar-refractivity contribution < 1.29 is 9.90 Å². The highest BCUT2D eigenvalue weighted by molar-refractivity contribution is 6.05. The number of pyridine rings is 1. The van der Waals surface area contributed by atoms with Crippen LogP contribution in [-0.2, 0) is 0 Å². The van der Waals surface area contributed by atoms with E-state index >= 15 is 0 Å². The van der Waals surface area contributed by atoms with Gasteiger partial charge in [0, 0.05) is 30.6 Å². The summed E-state index contributed by atoms with van der Waals surface area (Å²) in [4.78, 5) is 28.3. The molecule has 1 unspecified atom stereocenters. The average molecular weight is 274 g/mol. The molecule has 1 heterocycles. The number of carbonyl (C=O) groups excluding carboxylic acids is 1. The quantitative estimate of drug-likeness (QED) is 0.884. The van der Waals surface area contributed by atoms with Crippen LogP contribution in [0.1, 0.15) is 23.7 Å². The third-order valence-corrected chi connectivity index (χ3v) is 3.21. The second kappa shape index (κ2) is 5.88. The highest BCUT2D eigenvalue weighted by Crippen LogP contribution is 2.16. The lowest BCUT2D eigenvalue weighted by Gasteiger charge is -2.18. The van der Waals surface area contributed by atoms with Crippen molar-refractivity contribution in [3.05, 3.63) is 46.2 Å². The third-order valence-electron chi connectivity index (χ3n) is 3.21. The van der Waals surface area contributed by atoms with Crippen molar-refractivity contribution in [3.8, 4) is 0 Å². The number of benzene rings is 1. The van der Waals surface area contributed by atoms with E-state index < -0.39 is 6.10 Å². The van der Waals surface area contributed by atoms with E-state index in [2.05, 4.69) is 4.98 Å². The normalized spacial score (nSPS) is 12.3. The zero-order valence-electron chi connectivity index (χ0n) is 11.6. The Labute approximate surface area is 116 Å². The predicted octanol–water partition coefficient (Wildman–Crippen LogP) is 1.37. The summed E-state index contributed by atoms with van der Waals surface area (Å²) in [5.41, 5.74) is 0.737. The molecule has 1 atom stereocenters. The molecule has 0 saturated heterocycles. The number of nitrogens with one attached hydrogen (secondary N) is 1. The fourth-order valence-electron chi connectivity index (χ4n) is 2.07. The Hall–Kier alpha value is -2.14. The number of hydrogen-bond donors (Lipinski definition) is 2. The molecule has 0 spiro atoms. The van der Waals surface area contributed by atoms with Crippen LogP contribution in [0.3, 0.4) is 0 Å². The van der Waals surface area contributed by atoms with Gasteiger partial charge in [0.1, 0.15) is 0 Å². The van der Waals surface area contributed by atoms with Crippen LogP contribution < -0.4 is 5.56 Å². The van der Waals surface area contributed by atoms with Crippen molar-refractivity contribution in [1.29, 1.82) is 0 Å². The molecule has 1 aromatic carbocycles. The summed E-state index contributed by atoms with van der Waals surface area (Å²) in [7, 11) is 1.67. The fourth-order valence-corrected chi connectivity index (χ4v) is 2.07. The Bertz CT molecular complexity index is 676. The van der Waals surface area contributed by atoms with Gasteiger partial charge < -0.3 is 15.0 Å². The maximum atomic E-state index is 12.4. The smallest absolute Gasteiger partial charge is 0.254 e. The molecular formula is C15H18N2O3. The van der Waals surface area contributed by atoms with Crippen LogP contribution in [0.25, 0.3) is 10.9 Å². The molecule has 0 bridgehead atoms. The largest absolute Gasteiger partial charge is 0.393 e. The van der Waals surface area contributed by atoms with E-state index in [1.165, 1.54) is 11.0 Å². The second-order valence-electron chi connectivity index (χ2n) is 4.96. The number of para-hydroxylation sites is 1. The van der Waals surface area contributed by atoms with Crippen molar-refractivity contribution in [3.63, 3.8) is 0 Å². The minimum Gasteiger partial charge on any atom is -0.393 e. The summed E-state index contributed by atoms with van der Waals surface area (Å²) in [6.45, 7) is 2.12. The summed E-state index contributed by atoms with van der Waals surface area (Å²) < 4.78 is 0. The zero-order chi connectivity index (χ0) is 14.7. The number of hydrogen-bond acceptors (Lipinski definition) is 3. The van der Waals surface area contributed by atoms with Crippen LogP contribution in [0.15, 0.2) is 35.1 Å². The molecular weight excluding hydrogens is 256 g/mol. The second-order valence-corrected chi connectivity index (χ2v) is 4.96. The van der Waals surface area contributed by atoms with Crippen LogP contribution in [0.5, 0.6) is 0 Å². The molecule has 5 nitrogen and oxygen atoms in total. The number of amides is 1. The molecule has 0 fully saturated rings. The van der Waals surface area contributed by atoms with E-state index in [1.807, 2.05) is 12.1 Å². The van der Waals surface area contributed by atoms with E-state index in [-0.39, 0.29) is 11.5 Å². The SMILES string of the molecule is CC(O)CCN(C)C(=O)c1cc(=O)[nH]c2ccccc12. The molecule has 0 aliphatic rings. The highest BCUT2D eigenvalue weighted by atomic mass is 16.3. The van der Waals surface area contributed by atoms with E-state index in [4.69, 9.17) is 0 Å². The van der Waals surface area contributed by atoms with Crippen LogP contribution in [0.2, 0.25) is 0 Å². The molecule has 0 saturated carbocycles. The van der Waals surface area contributed by atoms with E-state index in [0.29, 0.717) is 24.0 Å². The first kappa shape index (κ1) is 14.3. The van der Waals surface area contributed by atoms with Gasteiger partial charge in [-0.1, -0.05) is 18.2 Å². The highest BCUT2D eigenvalue weighted by Gasteiger charge is 2.16. The van der Waals surface area contributed by atoms with Gasteiger partial charge in [0.25, 0.3) is 5.91 Å². The van der Waals surface area contributed by atoms with Gasteiger partial charge >= 0.3 is 0 Å². The monoisotopic (exact) mass is 274 g/mol. The lowest BCUT2D eigenvalue weighted by Crippen LogP contribution is -2.30. The fraction of sp³-hybridized carbons (Fsp3) is 0.333. The number of aromatic nitrogens is 1. The lowest BCUT2D eigenvalue weighted by molar-refractivity contribution is 0.0770. The number of aliphatic hydroxyl groups is 1. The molecule has 2 N–H and O–H groups in total. The van der Waals surface area contributed by atoms with Crippen molar-refractivity contribution in [2.24, 2.45) is 0 Å². The zero-order valence-corrected chi connectivity index (χ0v) is 11.6. The van der Waals surface area contributed by atoms with E-state index in [9.17, 15) is 14.7 Å². The van der Waals surface area contributed by atoms with Crippen molar-refractivity contribution in [1.82, 2.24) is 9.88 Å². The number of nitrogens with zero attached hydrogens (tertiary/aromatic N) is 1. The number of aliphatic hydroxyl groups excluding tert-OH is 1. The Balaban J connectivity index is 2.36. The lowest BCUT2D eigenvalue weighted by atomic mass is 10.1. The van der Waals surface area contributed by atoms with Gasteiger partial charge in [0.2, 0.25) is 5.56 Å². The molecule has 0 aliphatic carbocycles. The Morgan fingerprint density at radius 3 is 2.80 bits per heavy atom. The van der Waals surface area contributed by atoms with E-state index in [0.717, 1.165) is 5.39 Å². The molecule has 1 amide bonds. The average Bonchev–Trinajstić information content (AvgIpc) is 2.42. The summed E-state index contributed by atoms with van der Waals surface area (Å²) in [5.74, 6) is -0.215. The van der Waals surface area contributed by atoms with Gasteiger partial charge in [-0.3, -0.25) is 9.59 Å². The molecule has 1 aromatic heterocycles. The summed E-state index contributed by atoms with van der Waals surface area (Å²) >= 11 is 0. The van der Waals surface area contributed by atoms with Gasteiger partial charge in [0.05, 0.1) is 11.7 Å². The third kappa shape index (κ3) is 3.05. The minimum atomic E-state index is -0.457. The first-order chi connectivity index (χ1) is 9.49. The number of fused-ring (bicyclic) bond motifs is 1. The molecule has 2 rings (SSSR count). The first-order valence-electron chi connectivity index (χ1n) is 6.54. The van der Waals surface area contributed by atoms with Crippen molar-refractivity contribution in [2.45, 2.75) is 19.4 Å². The predicted molar refractivity (Wildman–Crippen MR) is 77.8 cm³/mol. The molecule has 0 aliphatic heterocycles. The van der Waals surface area contributed by atoms with E-state index in [1.54, 1.807) is 26.1 Å². The van der Waals surface area contributed by atoms with Crippen LogP contribution in [0.4, 0.5) is 0 Å². The van der Waals surface area contributed by atoms with Gasteiger partial charge in [-0.15, -0.1) is 0 Å². The van der Waals surface area contributed by atoms with Gasteiger partial charge in [-0.2, -0.15) is 0 Å². The molecule has 5 heteroatoms. The number of carbonyl (C=O) groups is 1. The molecule has 2 aromatic rings. The topological polar surface area (TPSA) is 73.4 Å². The number of rotatable bonds is 4. The van der Waals surface area contributed by atoms with Crippen LogP contribution >= 0.6 is 0 Å². The molecule has 20 heavy (non-hydrogen) atoms. The summed E-state index contributed by atoms with van der Waals surface area (Å²) in [6, 6.07) is 8.53. The Kier molecular flexibility index (Phi) is 4.20. The minimum absolute atomic E-state index is 0.215. The van der Waals surface area contributed by atoms with Gasteiger partial charge in [-0.25, -0.2) is 0 Å². The van der Waals surface area contributed by atoms with Crippen molar-refractivity contribution in [2.75, 3.05) is 13.6 Å². The van der Waals surface area contributed by atoms with Gasteiger partial charge in [0.15, 0.2) is 0 Å². The maximum Gasteiger partial charge on any atom is 0.254 e. The molecule has 106 valence electrons. The Morgan fingerprint density at radius 1 is 1.40 bits per heavy atom. The Morgan fingerprint density at radius 2 is 2.10 bits per heavy atom. The standard InChI is InChI=1S/C15H18N2O3/c1-10(18)7-8-17(2)15(20)12-9-14(19)16-13-6-4-3-5-11(12)13/h3-6,9-10,18H,7-8H2,1-2H3,(H,16,19).